The number of aromatic nitrogens is 1. The molecule has 20 heavy (non-hydrogen) atoms. The van der Waals surface area contributed by atoms with E-state index in [1.54, 1.807) is 6.92 Å². The summed E-state index contributed by atoms with van der Waals surface area (Å²) in [6.07, 6.45) is 1.31. The monoisotopic (exact) mass is 291 g/mol. The molecule has 0 bridgehead atoms. The molecule has 0 saturated carbocycles. The molecule has 106 valence electrons. The van der Waals surface area contributed by atoms with E-state index in [1.807, 2.05) is 0 Å². The molecule has 1 heterocycles. The summed E-state index contributed by atoms with van der Waals surface area (Å²) in [6.45, 7) is 8.12. The third-order valence-electron chi connectivity index (χ3n) is 2.19. The number of nitrogens with zero attached hydrogens (tertiary/aromatic N) is 1. The van der Waals surface area contributed by atoms with Crippen LogP contribution < -0.4 is 0 Å². The van der Waals surface area contributed by atoms with E-state index in [2.05, 4.69) is 36.1 Å². The zero-order valence-electron chi connectivity index (χ0n) is 12.0. The Morgan fingerprint density at radius 2 is 2.05 bits per heavy atom. The second-order valence-corrected chi connectivity index (χ2v) is 9.89. The van der Waals surface area contributed by atoms with Crippen LogP contribution in [0.15, 0.2) is 12.3 Å². The Hall–Kier alpha value is -2.13. The van der Waals surface area contributed by atoms with Crippen molar-refractivity contribution in [3.63, 3.8) is 0 Å². The highest BCUT2D eigenvalue weighted by atomic mass is 28.3. The summed E-state index contributed by atoms with van der Waals surface area (Å²) in [5, 5.41) is 8.93. The van der Waals surface area contributed by atoms with Crippen molar-refractivity contribution < 1.29 is 19.4 Å². The van der Waals surface area contributed by atoms with Gasteiger partial charge in [-0.05, 0) is 13.0 Å². The van der Waals surface area contributed by atoms with E-state index in [9.17, 15) is 9.59 Å². The van der Waals surface area contributed by atoms with Gasteiger partial charge in [0.15, 0.2) is 0 Å². The van der Waals surface area contributed by atoms with Gasteiger partial charge in [0.1, 0.15) is 13.8 Å². The predicted molar refractivity (Wildman–Crippen MR) is 77.4 cm³/mol. The zero-order valence-corrected chi connectivity index (χ0v) is 13.0. The van der Waals surface area contributed by atoms with Gasteiger partial charge in [-0.25, -0.2) is 14.6 Å². The molecule has 0 amide bonds. The minimum Gasteiger partial charge on any atom is -0.477 e. The SMILES string of the molecule is CCOC(=O)c1cc(C(=O)O)ncc1C#C[Si](C)(C)C. The summed E-state index contributed by atoms with van der Waals surface area (Å²) in [6, 6.07) is 1.20. The van der Waals surface area contributed by atoms with Crippen molar-refractivity contribution in [2.24, 2.45) is 0 Å². The van der Waals surface area contributed by atoms with Gasteiger partial charge in [-0.15, -0.1) is 5.54 Å². The van der Waals surface area contributed by atoms with Crippen molar-refractivity contribution in [3.05, 3.63) is 29.1 Å². The minimum absolute atomic E-state index is 0.144. The molecule has 1 rings (SSSR count). The number of rotatable bonds is 3. The second-order valence-electron chi connectivity index (χ2n) is 5.14. The molecule has 1 N–H and O–H groups in total. The van der Waals surface area contributed by atoms with Gasteiger partial charge in [-0.3, -0.25) is 0 Å². The van der Waals surface area contributed by atoms with E-state index >= 15 is 0 Å². The van der Waals surface area contributed by atoms with Gasteiger partial charge in [-0.1, -0.05) is 25.6 Å². The summed E-state index contributed by atoms with van der Waals surface area (Å²) in [4.78, 5) is 26.6. The van der Waals surface area contributed by atoms with Crippen LogP contribution in [0.4, 0.5) is 0 Å². The summed E-state index contributed by atoms with van der Waals surface area (Å²) in [5.74, 6) is 1.13. The lowest BCUT2D eigenvalue weighted by molar-refractivity contribution is 0.0526. The van der Waals surface area contributed by atoms with Crippen molar-refractivity contribution in [3.8, 4) is 11.5 Å². The molecule has 0 fully saturated rings. The fourth-order valence-electron chi connectivity index (χ4n) is 1.30. The lowest BCUT2D eigenvalue weighted by Crippen LogP contribution is -2.17. The largest absolute Gasteiger partial charge is 0.477 e. The van der Waals surface area contributed by atoms with Crippen molar-refractivity contribution >= 4 is 20.0 Å². The van der Waals surface area contributed by atoms with Gasteiger partial charge in [0, 0.05) is 6.20 Å². The number of carboxylic acid groups (broad SMARTS) is 1. The normalized spacial score (nSPS) is 10.4. The highest BCUT2D eigenvalue weighted by Gasteiger charge is 2.16. The minimum atomic E-state index is -1.61. The van der Waals surface area contributed by atoms with Crippen molar-refractivity contribution in [2.75, 3.05) is 6.61 Å². The number of carbonyl (C=O) groups is 2. The predicted octanol–water partition coefficient (Wildman–Crippen LogP) is 2.19. The summed E-state index contributed by atoms with van der Waals surface area (Å²) in [5.41, 5.74) is 3.46. The summed E-state index contributed by atoms with van der Waals surface area (Å²) in [7, 11) is -1.61. The Bertz CT molecular complexity index is 593. The molecule has 1 aromatic heterocycles. The number of hydrogen-bond acceptors (Lipinski definition) is 4. The first-order valence-electron chi connectivity index (χ1n) is 6.18. The molecule has 5 nitrogen and oxygen atoms in total. The smallest absolute Gasteiger partial charge is 0.354 e. The first kappa shape index (κ1) is 15.9. The molecule has 0 aliphatic carbocycles. The summed E-state index contributed by atoms with van der Waals surface area (Å²) >= 11 is 0. The quantitative estimate of drug-likeness (QED) is 0.525. The van der Waals surface area contributed by atoms with E-state index in [0.717, 1.165) is 0 Å². The first-order chi connectivity index (χ1) is 9.24. The number of aromatic carboxylic acids is 1. The number of ether oxygens (including phenoxy) is 1. The Kier molecular flexibility index (Phi) is 5.05. The van der Waals surface area contributed by atoms with Gasteiger partial charge >= 0.3 is 11.9 Å². The average molecular weight is 291 g/mol. The second kappa shape index (κ2) is 6.35. The number of carboxylic acids is 1. The van der Waals surface area contributed by atoms with Gasteiger partial charge in [0.2, 0.25) is 0 Å². The number of esters is 1. The van der Waals surface area contributed by atoms with Crippen LogP contribution in [0.3, 0.4) is 0 Å². The summed E-state index contributed by atoms with van der Waals surface area (Å²) < 4.78 is 4.92. The molecular weight excluding hydrogens is 274 g/mol. The lowest BCUT2D eigenvalue weighted by Gasteiger charge is -2.07. The number of pyridine rings is 1. The fourth-order valence-corrected chi connectivity index (χ4v) is 1.81. The van der Waals surface area contributed by atoms with Crippen molar-refractivity contribution in [2.45, 2.75) is 26.6 Å². The van der Waals surface area contributed by atoms with Crippen LogP contribution in [0.25, 0.3) is 0 Å². The number of carbonyl (C=O) groups excluding carboxylic acids is 1. The van der Waals surface area contributed by atoms with Gasteiger partial charge in [0.25, 0.3) is 0 Å². The van der Waals surface area contributed by atoms with Crippen LogP contribution in [-0.4, -0.2) is 36.7 Å². The Labute approximate surface area is 119 Å². The maximum absolute atomic E-state index is 11.9. The third kappa shape index (κ3) is 4.52. The Morgan fingerprint density at radius 1 is 1.40 bits per heavy atom. The van der Waals surface area contributed by atoms with E-state index in [4.69, 9.17) is 9.84 Å². The maximum atomic E-state index is 11.9. The van der Waals surface area contributed by atoms with Crippen LogP contribution in [-0.2, 0) is 4.74 Å². The van der Waals surface area contributed by atoms with Gasteiger partial charge in [-0.2, -0.15) is 0 Å². The molecule has 6 heteroatoms. The highest BCUT2D eigenvalue weighted by molar-refractivity contribution is 6.83. The standard InChI is InChI=1S/C14H17NO4Si/c1-5-19-14(18)11-8-12(13(16)17)15-9-10(11)6-7-20(2,3)4/h8-9H,5H2,1-4H3,(H,16,17). The highest BCUT2D eigenvalue weighted by Crippen LogP contribution is 2.11. The molecule has 0 saturated heterocycles. The van der Waals surface area contributed by atoms with E-state index < -0.39 is 20.0 Å². The van der Waals surface area contributed by atoms with Crippen LogP contribution in [0.5, 0.6) is 0 Å². The van der Waals surface area contributed by atoms with Crippen LogP contribution in [0.1, 0.15) is 33.3 Å². The molecule has 0 radical (unpaired) electrons. The van der Waals surface area contributed by atoms with E-state index in [-0.39, 0.29) is 17.9 Å². The van der Waals surface area contributed by atoms with Crippen LogP contribution in [0, 0.1) is 11.5 Å². The first-order valence-corrected chi connectivity index (χ1v) is 9.68. The molecule has 0 aromatic carbocycles. The third-order valence-corrected chi connectivity index (χ3v) is 3.07. The Morgan fingerprint density at radius 3 is 2.55 bits per heavy atom. The zero-order chi connectivity index (χ0) is 15.3. The fraction of sp³-hybridized carbons (Fsp3) is 0.357. The molecule has 1 aromatic rings. The Balaban J connectivity index is 3.32. The van der Waals surface area contributed by atoms with E-state index in [0.29, 0.717) is 5.56 Å². The molecule has 0 atom stereocenters. The molecule has 0 aliphatic heterocycles. The maximum Gasteiger partial charge on any atom is 0.354 e. The molecule has 0 aliphatic rings. The molecule has 0 unspecified atom stereocenters. The molecular formula is C14H17NO4Si. The topological polar surface area (TPSA) is 76.5 Å². The van der Waals surface area contributed by atoms with Crippen LogP contribution >= 0.6 is 0 Å². The average Bonchev–Trinajstić information content (AvgIpc) is 2.35. The molecule has 0 spiro atoms. The van der Waals surface area contributed by atoms with E-state index in [1.165, 1.54) is 12.3 Å². The van der Waals surface area contributed by atoms with Gasteiger partial charge < -0.3 is 9.84 Å². The van der Waals surface area contributed by atoms with Crippen molar-refractivity contribution in [1.29, 1.82) is 0 Å². The van der Waals surface area contributed by atoms with Crippen molar-refractivity contribution in [1.82, 2.24) is 4.98 Å². The number of hydrogen-bond donors (Lipinski definition) is 1. The van der Waals surface area contributed by atoms with Gasteiger partial charge in [0.05, 0.1) is 17.7 Å². The lowest BCUT2D eigenvalue weighted by atomic mass is 10.1. The van der Waals surface area contributed by atoms with Crippen LogP contribution in [0.2, 0.25) is 19.6 Å².